The summed E-state index contributed by atoms with van der Waals surface area (Å²) in [6, 6.07) is 4.42. The standard InChI is InChI=1S/C26H36FN3O2/c1-16(2)18-5-8-20(9-6-18)29-13-11-21(12-14-29)30-23-10-7-19(27)15-22(23)24(26(30)32)28-25(31)17(3)4/h7,10,15,17,20-21,24H,5-6,8-9,11-14H2,1-4H3,(H,28,31). The van der Waals surface area contributed by atoms with Gasteiger partial charge in [-0.25, -0.2) is 4.39 Å². The molecule has 1 aromatic rings. The normalized spacial score (nSPS) is 24.8. The lowest BCUT2D eigenvalue weighted by Crippen LogP contribution is -2.50. The van der Waals surface area contributed by atoms with E-state index in [0.29, 0.717) is 11.6 Å². The van der Waals surface area contributed by atoms with E-state index in [4.69, 9.17) is 0 Å². The number of hydrogen-bond donors (Lipinski definition) is 1. The Morgan fingerprint density at radius 2 is 1.72 bits per heavy atom. The third kappa shape index (κ3) is 4.47. The molecule has 174 valence electrons. The molecule has 1 saturated carbocycles. The van der Waals surface area contributed by atoms with Gasteiger partial charge in [0, 0.05) is 36.7 Å². The molecular formula is C26H36FN3O2. The predicted molar refractivity (Wildman–Crippen MR) is 125 cm³/mol. The maximum absolute atomic E-state index is 14.0. The second-order valence-corrected chi connectivity index (χ2v) is 10.1. The number of halogens is 1. The van der Waals surface area contributed by atoms with Crippen LogP contribution in [0, 0.1) is 11.7 Å². The van der Waals surface area contributed by atoms with Crippen molar-refractivity contribution in [2.75, 3.05) is 18.0 Å². The molecule has 1 unspecified atom stereocenters. The third-order valence-electron chi connectivity index (χ3n) is 7.50. The van der Waals surface area contributed by atoms with Crippen LogP contribution in [0.5, 0.6) is 0 Å². The van der Waals surface area contributed by atoms with Gasteiger partial charge in [0.2, 0.25) is 5.91 Å². The van der Waals surface area contributed by atoms with Gasteiger partial charge in [-0.3, -0.25) is 9.59 Å². The lowest BCUT2D eigenvalue weighted by molar-refractivity contribution is -0.129. The minimum absolute atomic E-state index is 0.0841. The number of likely N-dealkylation sites (tertiary alicyclic amines) is 1. The van der Waals surface area contributed by atoms with Crippen molar-refractivity contribution in [1.29, 1.82) is 0 Å². The van der Waals surface area contributed by atoms with Gasteiger partial charge in [-0.1, -0.05) is 25.0 Å². The van der Waals surface area contributed by atoms with Gasteiger partial charge >= 0.3 is 0 Å². The summed E-state index contributed by atoms with van der Waals surface area (Å²) in [4.78, 5) is 30.1. The number of anilines is 1. The van der Waals surface area contributed by atoms with Gasteiger partial charge in [0.15, 0.2) is 0 Å². The molecule has 1 N–H and O–H groups in total. The van der Waals surface area contributed by atoms with Crippen molar-refractivity contribution in [3.63, 3.8) is 0 Å². The monoisotopic (exact) mass is 441 g/mol. The SMILES string of the molecule is CC(C)=C1CCC(N2CCC(N3C(=O)C(NC(=O)C(C)C)c4cc(F)ccc43)CC2)CC1. The molecule has 1 atom stereocenters. The molecule has 3 aliphatic rings. The molecule has 1 aromatic carbocycles. The van der Waals surface area contributed by atoms with Crippen LogP contribution in [0.15, 0.2) is 29.3 Å². The van der Waals surface area contributed by atoms with Gasteiger partial charge in [0.1, 0.15) is 11.9 Å². The van der Waals surface area contributed by atoms with Crippen molar-refractivity contribution in [2.45, 2.75) is 84.3 Å². The van der Waals surface area contributed by atoms with Crippen LogP contribution in [0.1, 0.15) is 77.8 Å². The molecule has 32 heavy (non-hydrogen) atoms. The second kappa shape index (κ2) is 9.34. The van der Waals surface area contributed by atoms with Gasteiger partial charge in [-0.05, 0) is 70.6 Å². The Morgan fingerprint density at radius 1 is 1.06 bits per heavy atom. The molecule has 0 aromatic heterocycles. The molecule has 0 bridgehead atoms. The molecule has 2 aliphatic heterocycles. The Balaban J connectivity index is 1.45. The summed E-state index contributed by atoms with van der Waals surface area (Å²) >= 11 is 0. The van der Waals surface area contributed by atoms with E-state index >= 15 is 0 Å². The van der Waals surface area contributed by atoms with Crippen molar-refractivity contribution in [3.05, 3.63) is 40.7 Å². The average Bonchev–Trinajstić information content (AvgIpc) is 3.04. The second-order valence-electron chi connectivity index (χ2n) is 10.1. The first-order chi connectivity index (χ1) is 15.3. The number of benzene rings is 1. The minimum Gasteiger partial charge on any atom is -0.340 e. The van der Waals surface area contributed by atoms with E-state index in [2.05, 4.69) is 24.1 Å². The topological polar surface area (TPSA) is 52.6 Å². The maximum Gasteiger partial charge on any atom is 0.254 e. The van der Waals surface area contributed by atoms with Crippen LogP contribution in [0.4, 0.5) is 10.1 Å². The van der Waals surface area contributed by atoms with E-state index in [-0.39, 0.29) is 29.6 Å². The zero-order chi connectivity index (χ0) is 23.0. The number of amides is 2. The lowest BCUT2D eigenvalue weighted by Gasteiger charge is -2.42. The number of hydrogen-bond acceptors (Lipinski definition) is 3. The highest BCUT2D eigenvalue weighted by atomic mass is 19.1. The summed E-state index contributed by atoms with van der Waals surface area (Å²) in [6.07, 6.45) is 6.65. The molecule has 5 nitrogen and oxygen atoms in total. The first-order valence-electron chi connectivity index (χ1n) is 12.1. The average molecular weight is 442 g/mol. The van der Waals surface area contributed by atoms with E-state index in [1.165, 1.54) is 43.4 Å². The van der Waals surface area contributed by atoms with Crippen LogP contribution < -0.4 is 10.2 Å². The highest BCUT2D eigenvalue weighted by Crippen LogP contribution is 2.40. The summed E-state index contributed by atoms with van der Waals surface area (Å²) < 4.78 is 14.0. The number of piperidine rings is 1. The van der Waals surface area contributed by atoms with E-state index in [9.17, 15) is 14.0 Å². The van der Waals surface area contributed by atoms with Crippen LogP contribution >= 0.6 is 0 Å². The zero-order valence-corrected chi connectivity index (χ0v) is 19.8. The molecule has 0 radical (unpaired) electrons. The first-order valence-corrected chi connectivity index (χ1v) is 12.1. The van der Waals surface area contributed by atoms with E-state index in [1.807, 2.05) is 4.90 Å². The maximum atomic E-state index is 14.0. The molecule has 0 spiro atoms. The van der Waals surface area contributed by atoms with Crippen molar-refractivity contribution in [2.24, 2.45) is 5.92 Å². The molecule has 1 aliphatic carbocycles. The Bertz CT molecular complexity index is 904. The molecule has 1 saturated heterocycles. The largest absolute Gasteiger partial charge is 0.340 e. The van der Waals surface area contributed by atoms with Crippen molar-refractivity contribution < 1.29 is 14.0 Å². The summed E-state index contributed by atoms with van der Waals surface area (Å²) in [7, 11) is 0. The molecule has 2 heterocycles. The van der Waals surface area contributed by atoms with Crippen molar-refractivity contribution in [1.82, 2.24) is 10.2 Å². The first kappa shape index (κ1) is 23.0. The summed E-state index contributed by atoms with van der Waals surface area (Å²) in [5.41, 5.74) is 4.42. The lowest BCUT2D eigenvalue weighted by atomic mass is 9.86. The van der Waals surface area contributed by atoms with Gasteiger partial charge < -0.3 is 15.1 Å². The smallest absolute Gasteiger partial charge is 0.254 e. The van der Waals surface area contributed by atoms with Crippen LogP contribution in [0.25, 0.3) is 0 Å². The highest BCUT2D eigenvalue weighted by molar-refractivity contribution is 6.06. The van der Waals surface area contributed by atoms with Gasteiger partial charge in [-0.15, -0.1) is 0 Å². The fourth-order valence-electron chi connectivity index (χ4n) is 5.52. The molecule has 6 heteroatoms. The highest BCUT2D eigenvalue weighted by Gasteiger charge is 2.43. The number of nitrogens with one attached hydrogen (secondary N) is 1. The fraction of sp³-hybridized carbons (Fsp3) is 0.615. The number of fused-ring (bicyclic) bond motifs is 1. The fourth-order valence-corrected chi connectivity index (χ4v) is 5.52. The molecule has 2 fully saturated rings. The van der Waals surface area contributed by atoms with Gasteiger partial charge in [0.05, 0.1) is 5.69 Å². The van der Waals surface area contributed by atoms with Crippen LogP contribution in [0.2, 0.25) is 0 Å². The zero-order valence-electron chi connectivity index (χ0n) is 19.8. The van der Waals surface area contributed by atoms with Crippen LogP contribution in [0.3, 0.4) is 0 Å². The number of rotatable bonds is 4. The quantitative estimate of drug-likeness (QED) is 0.688. The third-order valence-corrected chi connectivity index (χ3v) is 7.50. The minimum atomic E-state index is -0.797. The molecular weight excluding hydrogens is 405 g/mol. The summed E-state index contributed by atoms with van der Waals surface area (Å²) in [5, 5.41) is 2.84. The Kier molecular flexibility index (Phi) is 6.70. The summed E-state index contributed by atoms with van der Waals surface area (Å²) in [6.45, 7) is 9.97. The number of nitrogens with zero attached hydrogens (tertiary/aromatic N) is 2. The Morgan fingerprint density at radius 3 is 2.31 bits per heavy atom. The number of carbonyl (C=O) groups is 2. The van der Waals surface area contributed by atoms with E-state index in [1.54, 1.807) is 25.5 Å². The molecule has 4 rings (SSSR count). The van der Waals surface area contributed by atoms with Crippen molar-refractivity contribution in [3.8, 4) is 0 Å². The van der Waals surface area contributed by atoms with Crippen LogP contribution in [-0.2, 0) is 9.59 Å². The van der Waals surface area contributed by atoms with Gasteiger partial charge in [0.25, 0.3) is 5.91 Å². The van der Waals surface area contributed by atoms with Crippen LogP contribution in [-0.4, -0.2) is 41.9 Å². The Labute approximate surface area is 191 Å². The molecule has 2 amide bonds. The van der Waals surface area contributed by atoms with Crippen molar-refractivity contribution >= 4 is 17.5 Å². The summed E-state index contributed by atoms with van der Waals surface area (Å²) in [5.74, 6) is -0.948. The van der Waals surface area contributed by atoms with E-state index < -0.39 is 6.04 Å². The number of allylic oxidation sites excluding steroid dienone is 2. The van der Waals surface area contributed by atoms with Gasteiger partial charge in [-0.2, -0.15) is 0 Å². The van der Waals surface area contributed by atoms with E-state index in [0.717, 1.165) is 31.6 Å². The number of carbonyl (C=O) groups excluding carboxylic acids is 2. The predicted octanol–water partition coefficient (Wildman–Crippen LogP) is 4.73. The Hall–Kier alpha value is -2.21.